The maximum absolute atomic E-state index is 7.99. The number of hydrogen-bond donors (Lipinski definition) is 1. The average Bonchev–Trinajstić information content (AvgIpc) is 2.79. The maximum Gasteiger partial charge on any atom is 0.106 e. The molecule has 1 heterocycles. The summed E-state index contributed by atoms with van der Waals surface area (Å²) >= 11 is 1.76. The molecule has 0 saturated carbocycles. The molecule has 1 N–H and O–H groups in total. The van der Waals surface area contributed by atoms with Gasteiger partial charge in [0, 0.05) is 18.0 Å². The third-order valence-electron chi connectivity index (χ3n) is 2.85. The zero-order chi connectivity index (χ0) is 11.4. The molecule has 16 heavy (non-hydrogen) atoms. The van der Waals surface area contributed by atoms with Crippen molar-refractivity contribution in [3.63, 3.8) is 0 Å². The first kappa shape index (κ1) is 11.5. The van der Waals surface area contributed by atoms with Crippen LogP contribution < -0.4 is 0 Å². The number of nitrogens with zero attached hydrogens (tertiary/aromatic N) is 1. The van der Waals surface area contributed by atoms with E-state index in [-0.39, 0.29) is 0 Å². The normalized spacial score (nSPS) is 15.4. The first-order chi connectivity index (χ1) is 7.75. The Hall–Kier alpha value is -0.960. The van der Waals surface area contributed by atoms with E-state index in [0.717, 1.165) is 24.7 Å². The number of rotatable bonds is 3. The van der Waals surface area contributed by atoms with Crippen LogP contribution in [0.25, 0.3) is 0 Å². The van der Waals surface area contributed by atoms with Gasteiger partial charge in [0.2, 0.25) is 0 Å². The number of aryl methyl sites for hydroxylation is 1. The summed E-state index contributed by atoms with van der Waals surface area (Å²) in [7, 11) is 0. The Kier molecular flexibility index (Phi) is 3.88. The van der Waals surface area contributed by atoms with Gasteiger partial charge in [0.15, 0.2) is 0 Å². The van der Waals surface area contributed by atoms with Crippen LogP contribution in [0.1, 0.15) is 18.4 Å². The molecule has 0 aromatic heterocycles. The second kappa shape index (κ2) is 5.39. The highest BCUT2D eigenvalue weighted by Crippen LogP contribution is 2.20. The molecule has 1 aromatic carbocycles. The van der Waals surface area contributed by atoms with E-state index >= 15 is 0 Å². The Morgan fingerprint density at radius 1 is 1.38 bits per heavy atom. The Morgan fingerprint density at radius 2 is 2.12 bits per heavy atom. The largest absolute Gasteiger partial charge is 0.360 e. The number of likely N-dealkylation sites (tertiary alicyclic amines) is 1. The summed E-state index contributed by atoms with van der Waals surface area (Å²) in [6, 6.07) is 8.49. The maximum atomic E-state index is 7.99. The molecule has 1 saturated heterocycles. The zero-order valence-corrected chi connectivity index (χ0v) is 10.5. The molecule has 0 aliphatic carbocycles. The number of amidine groups is 1. The first-order valence-corrected chi connectivity index (χ1v) is 6.76. The van der Waals surface area contributed by atoms with Crippen LogP contribution >= 0.6 is 11.8 Å². The lowest BCUT2D eigenvalue weighted by Gasteiger charge is -2.17. The van der Waals surface area contributed by atoms with E-state index in [9.17, 15) is 0 Å². The van der Waals surface area contributed by atoms with E-state index in [0.29, 0.717) is 0 Å². The highest BCUT2D eigenvalue weighted by Gasteiger charge is 2.14. The summed E-state index contributed by atoms with van der Waals surface area (Å²) in [6.45, 7) is 4.26. The van der Waals surface area contributed by atoms with Crippen molar-refractivity contribution in [2.75, 3.05) is 18.8 Å². The van der Waals surface area contributed by atoms with E-state index < -0.39 is 0 Å². The van der Waals surface area contributed by atoms with Crippen LogP contribution in [0.2, 0.25) is 0 Å². The van der Waals surface area contributed by atoms with E-state index in [1.807, 2.05) is 0 Å². The van der Waals surface area contributed by atoms with Crippen LogP contribution in [0.15, 0.2) is 29.2 Å². The summed E-state index contributed by atoms with van der Waals surface area (Å²) < 4.78 is 0. The Balaban J connectivity index is 1.84. The molecule has 0 amide bonds. The Bertz CT molecular complexity index is 370. The molecule has 1 fully saturated rings. The quantitative estimate of drug-likeness (QED) is 0.494. The molecule has 0 atom stereocenters. The lowest BCUT2D eigenvalue weighted by Crippen LogP contribution is -2.28. The van der Waals surface area contributed by atoms with E-state index in [1.54, 1.807) is 11.8 Å². The van der Waals surface area contributed by atoms with Gasteiger partial charge in [-0.15, -0.1) is 11.8 Å². The van der Waals surface area contributed by atoms with Gasteiger partial charge in [0.05, 0.1) is 5.75 Å². The molecule has 3 heteroatoms. The van der Waals surface area contributed by atoms with Gasteiger partial charge < -0.3 is 4.90 Å². The molecule has 0 radical (unpaired) electrons. The smallest absolute Gasteiger partial charge is 0.106 e. The predicted octanol–water partition coefficient (Wildman–Crippen LogP) is 3.16. The second-order valence-corrected chi connectivity index (χ2v) is 5.29. The number of benzene rings is 1. The highest BCUT2D eigenvalue weighted by atomic mass is 32.2. The van der Waals surface area contributed by atoms with E-state index in [2.05, 4.69) is 36.1 Å². The molecule has 0 bridgehead atoms. The van der Waals surface area contributed by atoms with Gasteiger partial charge >= 0.3 is 0 Å². The molecule has 2 nitrogen and oxygen atoms in total. The fraction of sp³-hybridized carbons (Fsp3) is 0.462. The molecule has 0 spiro atoms. The van der Waals surface area contributed by atoms with Crippen molar-refractivity contribution in [2.45, 2.75) is 24.7 Å². The monoisotopic (exact) mass is 234 g/mol. The van der Waals surface area contributed by atoms with Gasteiger partial charge in [0.1, 0.15) is 5.84 Å². The molecule has 86 valence electrons. The van der Waals surface area contributed by atoms with Crippen molar-refractivity contribution < 1.29 is 0 Å². The first-order valence-electron chi connectivity index (χ1n) is 5.77. The van der Waals surface area contributed by atoms with Crippen molar-refractivity contribution in [2.24, 2.45) is 0 Å². The number of thioether (sulfide) groups is 1. The third kappa shape index (κ3) is 3.01. The van der Waals surface area contributed by atoms with Crippen molar-refractivity contribution in [3.05, 3.63) is 29.8 Å². The van der Waals surface area contributed by atoms with Crippen molar-refractivity contribution in [3.8, 4) is 0 Å². The predicted molar refractivity (Wildman–Crippen MR) is 70.4 cm³/mol. The molecule has 0 unspecified atom stereocenters. The zero-order valence-electron chi connectivity index (χ0n) is 9.70. The molecular weight excluding hydrogens is 216 g/mol. The van der Waals surface area contributed by atoms with Crippen LogP contribution in [0.4, 0.5) is 0 Å². The van der Waals surface area contributed by atoms with Gasteiger partial charge in [-0.1, -0.05) is 17.7 Å². The Labute approximate surface area is 102 Å². The molecule has 1 aromatic rings. The highest BCUT2D eigenvalue weighted by molar-refractivity contribution is 8.00. The summed E-state index contributed by atoms with van der Waals surface area (Å²) in [4.78, 5) is 3.46. The van der Waals surface area contributed by atoms with Crippen LogP contribution in [0, 0.1) is 12.3 Å². The molecule has 1 aliphatic rings. The number of nitrogens with one attached hydrogen (secondary N) is 1. The minimum Gasteiger partial charge on any atom is -0.360 e. The molecular formula is C13H18N2S. The van der Waals surface area contributed by atoms with Crippen LogP contribution in [-0.4, -0.2) is 29.6 Å². The summed E-state index contributed by atoms with van der Waals surface area (Å²) in [5.41, 5.74) is 1.29. The van der Waals surface area contributed by atoms with E-state index in [4.69, 9.17) is 5.41 Å². The van der Waals surface area contributed by atoms with E-state index in [1.165, 1.54) is 23.3 Å². The van der Waals surface area contributed by atoms with Gasteiger partial charge in [0.25, 0.3) is 0 Å². The van der Waals surface area contributed by atoms with Gasteiger partial charge in [-0.3, -0.25) is 5.41 Å². The summed E-state index contributed by atoms with van der Waals surface area (Å²) in [5, 5.41) is 7.99. The fourth-order valence-electron chi connectivity index (χ4n) is 1.94. The minimum atomic E-state index is 0.781. The standard InChI is InChI=1S/C13H18N2S/c1-11-5-4-6-12(9-11)16-10-13(14)15-7-2-3-8-15/h4-6,9,14H,2-3,7-8,10H2,1H3. The minimum absolute atomic E-state index is 0.781. The summed E-state index contributed by atoms with van der Waals surface area (Å²) in [6.07, 6.45) is 2.50. The second-order valence-electron chi connectivity index (χ2n) is 4.25. The van der Waals surface area contributed by atoms with Crippen LogP contribution in [-0.2, 0) is 0 Å². The molecule has 2 rings (SSSR count). The topological polar surface area (TPSA) is 27.1 Å². The van der Waals surface area contributed by atoms with Crippen LogP contribution in [0.3, 0.4) is 0 Å². The fourth-order valence-corrected chi connectivity index (χ4v) is 2.87. The summed E-state index contributed by atoms with van der Waals surface area (Å²) in [5.74, 6) is 1.58. The Morgan fingerprint density at radius 3 is 2.81 bits per heavy atom. The third-order valence-corrected chi connectivity index (χ3v) is 3.86. The lowest BCUT2D eigenvalue weighted by atomic mass is 10.2. The van der Waals surface area contributed by atoms with Gasteiger partial charge in [-0.05, 0) is 31.9 Å². The van der Waals surface area contributed by atoms with Crippen molar-refractivity contribution in [1.82, 2.24) is 4.90 Å². The van der Waals surface area contributed by atoms with Gasteiger partial charge in [-0.25, -0.2) is 0 Å². The van der Waals surface area contributed by atoms with Crippen LogP contribution in [0.5, 0.6) is 0 Å². The van der Waals surface area contributed by atoms with Crippen molar-refractivity contribution in [1.29, 1.82) is 5.41 Å². The average molecular weight is 234 g/mol. The van der Waals surface area contributed by atoms with Gasteiger partial charge in [-0.2, -0.15) is 0 Å². The van der Waals surface area contributed by atoms with Crippen molar-refractivity contribution >= 4 is 17.6 Å². The lowest BCUT2D eigenvalue weighted by molar-refractivity contribution is 0.514. The SMILES string of the molecule is Cc1cccc(SCC(=N)N2CCCC2)c1. The number of hydrogen-bond acceptors (Lipinski definition) is 2. The molecule has 1 aliphatic heterocycles.